The lowest BCUT2D eigenvalue weighted by atomic mass is 9.91. The Balaban J connectivity index is 2.20. The average Bonchev–Trinajstić information content (AvgIpc) is 2.58. The lowest BCUT2D eigenvalue weighted by molar-refractivity contribution is 0.0538. The van der Waals surface area contributed by atoms with Crippen LogP contribution in [0.4, 0.5) is 0 Å². The fraction of sp³-hybridized carbons (Fsp3) is 1.00. The van der Waals surface area contributed by atoms with Crippen LogP contribution in [0.25, 0.3) is 0 Å². The van der Waals surface area contributed by atoms with E-state index >= 15 is 0 Å². The van der Waals surface area contributed by atoms with Crippen LogP contribution >= 0.6 is 0 Å². The molecule has 2 aliphatic rings. The van der Waals surface area contributed by atoms with Crippen molar-refractivity contribution in [3.63, 3.8) is 0 Å². The molecule has 2 N–H and O–H groups in total. The van der Waals surface area contributed by atoms with Crippen LogP contribution in [0.3, 0.4) is 0 Å². The van der Waals surface area contributed by atoms with E-state index in [0.29, 0.717) is 12.1 Å². The second-order valence-electron chi connectivity index (χ2n) is 6.77. The number of likely N-dealkylation sites (N-methyl/N-ethyl adjacent to an activating group) is 2. The molecule has 2 heterocycles. The molecule has 0 bridgehead atoms. The highest BCUT2D eigenvalue weighted by atomic mass is 15.3. The first-order valence-corrected chi connectivity index (χ1v) is 7.88. The molecular formula is C15H32N4. The van der Waals surface area contributed by atoms with E-state index < -0.39 is 0 Å². The van der Waals surface area contributed by atoms with Gasteiger partial charge in [0.2, 0.25) is 0 Å². The average molecular weight is 268 g/mol. The molecule has 4 heteroatoms. The highest BCUT2D eigenvalue weighted by molar-refractivity contribution is 5.04. The minimum atomic E-state index is 0.208. The van der Waals surface area contributed by atoms with Crippen molar-refractivity contribution in [3.8, 4) is 0 Å². The smallest absolute Gasteiger partial charge is 0.0476 e. The van der Waals surface area contributed by atoms with Crippen LogP contribution in [0.5, 0.6) is 0 Å². The molecule has 112 valence electrons. The molecule has 4 nitrogen and oxygen atoms in total. The number of nitrogens with zero attached hydrogens (tertiary/aromatic N) is 3. The molecule has 3 atom stereocenters. The third kappa shape index (κ3) is 2.97. The molecule has 3 unspecified atom stereocenters. The summed E-state index contributed by atoms with van der Waals surface area (Å²) in [6.45, 7) is 10.2. The summed E-state index contributed by atoms with van der Waals surface area (Å²) in [4.78, 5) is 7.73. The minimum Gasteiger partial charge on any atom is -0.329 e. The van der Waals surface area contributed by atoms with Gasteiger partial charge in [-0.3, -0.25) is 4.90 Å². The van der Waals surface area contributed by atoms with Crippen LogP contribution < -0.4 is 5.73 Å². The number of nitrogens with two attached hydrogens (primary N) is 1. The van der Waals surface area contributed by atoms with E-state index in [1.807, 2.05) is 0 Å². The van der Waals surface area contributed by atoms with Gasteiger partial charge in [0.15, 0.2) is 0 Å². The molecule has 0 aromatic rings. The molecule has 0 amide bonds. The maximum absolute atomic E-state index is 6.24. The zero-order chi connectivity index (χ0) is 14.0. The molecule has 0 saturated carbocycles. The Morgan fingerprint density at radius 1 is 1.26 bits per heavy atom. The molecule has 2 fully saturated rings. The molecule has 0 aliphatic carbocycles. The molecule has 2 aliphatic heterocycles. The van der Waals surface area contributed by atoms with Gasteiger partial charge in [-0.05, 0) is 46.8 Å². The zero-order valence-electron chi connectivity index (χ0n) is 13.2. The Morgan fingerprint density at radius 3 is 2.53 bits per heavy atom. The predicted molar refractivity (Wildman–Crippen MR) is 81.4 cm³/mol. The van der Waals surface area contributed by atoms with Gasteiger partial charge >= 0.3 is 0 Å². The maximum Gasteiger partial charge on any atom is 0.0476 e. The van der Waals surface area contributed by atoms with Crippen molar-refractivity contribution in [2.75, 3.05) is 46.8 Å². The van der Waals surface area contributed by atoms with Crippen molar-refractivity contribution in [2.45, 2.75) is 50.7 Å². The SMILES string of the molecule is CCC1CN(C)CCCN1C1(CN)CC(C)N(C)C1. The third-order valence-electron chi connectivity index (χ3n) is 5.33. The minimum absolute atomic E-state index is 0.208. The Hall–Kier alpha value is -0.160. The van der Waals surface area contributed by atoms with Crippen molar-refractivity contribution < 1.29 is 0 Å². The molecule has 19 heavy (non-hydrogen) atoms. The number of likely N-dealkylation sites (tertiary alicyclic amines) is 1. The van der Waals surface area contributed by atoms with Gasteiger partial charge in [-0.25, -0.2) is 0 Å². The molecule has 2 rings (SSSR count). The standard InChI is InChI=1S/C15H32N4/c1-5-14-10-17(3)7-6-8-19(14)15(11-16)9-13(2)18(4)12-15/h13-14H,5-12,16H2,1-4H3. The summed E-state index contributed by atoms with van der Waals surface area (Å²) < 4.78 is 0. The fourth-order valence-corrected chi connectivity index (χ4v) is 4.08. The first-order chi connectivity index (χ1) is 9.02. The summed E-state index contributed by atoms with van der Waals surface area (Å²) in [5.41, 5.74) is 6.45. The molecule has 0 aromatic carbocycles. The maximum atomic E-state index is 6.24. The normalized spacial score (nSPS) is 39.6. The van der Waals surface area contributed by atoms with Crippen molar-refractivity contribution in [1.29, 1.82) is 0 Å². The van der Waals surface area contributed by atoms with Crippen LogP contribution in [-0.4, -0.2) is 79.1 Å². The number of rotatable bonds is 3. The van der Waals surface area contributed by atoms with Gasteiger partial charge in [0.25, 0.3) is 0 Å². The third-order valence-corrected chi connectivity index (χ3v) is 5.33. The second kappa shape index (κ2) is 6.08. The summed E-state index contributed by atoms with van der Waals surface area (Å²) in [6.07, 6.45) is 3.72. The fourth-order valence-electron chi connectivity index (χ4n) is 4.08. The Kier molecular flexibility index (Phi) is 4.88. The van der Waals surface area contributed by atoms with Crippen molar-refractivity contribution >= 4 is 0 Å². The van der Waals surface area contributed by atoms with Crippen LogP contribution in [-0.2, 0) is 0 Å². The van der Waals surface area contributed by atoms with Gasteiger partial charge in [0.05, 0.1) is 0 Å². The van der Waals surface area contributed by atoms with Crippen LogP contribution in [0, 0.1) is 0 Å². The van der Waals surface area contributed by atoms with E-state index in [1.54, 1.807) is 0 Å². The van der Waals surface area contributed by atoms with Crippen molar-refractivity contribution in [1.82, 2.24) is 14.7 Å². The van der Waals surface area contributed by atoms with Gasteiger partial charge in [0.1, 0.15) is 0 Å². The van der Waals surface area contributed by atoms with Gasteiger partial charge in [-0.15, -0.1) is 0 Å². The lowest BCUT2D eigenvalue weighted by Crippen LogP contribution is -2.60. The van der Waals surface area contributed by atoms with E-state index in [4.69, 9.17) is 5.73 Å². The van der Waals surface area contributed by atoms with Gasteiger partial charge in [-0.1, -0.05) is 6.92 Å². The lowest BCUT2D eigenvalue weighted by Gasteiger charge is -2.44. The summed E-state index contributed by atoms with van der Waals surface area (Å²) >= 11 is 0. The molecule has 0 spiro atoms. The highest BCUT2D eigenvalue weighted by Crippen LogP contribution is 2.34. The second-order valence-corrected chi connectivity index (χ2v) is 6.77. The quantitative estimate of drug-likeness (QED) is 0.822. The van der Waals surface area contributed by atoms with E-state index in [1.165, 1.54) is 38.9 Å². The summed E-state index contributed by atoms with van der Waals surface area (Å²) in [5.74, 6) is 0. The van der Waals surface area contributed by atoms with E-state index in [9.17, 15) is 0 Å². The summed E-state index contributed by atoms with van der Waals surface area (Å²) in [7, 11) is 4.50. The molecule has 0 aromatic heterocycles. The van der Waals surface area contributed by atoms with Gasteiger partial charge in [-0.2, -0.15) is 0 Å². The van der Waals surface area contributed by atoms with Crippen LogP contribution in [0.15, 0.2) is 0 Å². The first kappa shape index (κ1) is 15.2. The predicted octanol–water partition coefficient (Wildman–Crippen LogP) is 0.824. The zero-order valence-corrected chi connectivity index (χ0v) is 13.2. The van der Waals surface area contributed by atoms with Gasteiger partial charge in [0, 0.05) is 43.8 Å². The van der Waals surface area contributed by atoms with Crippen molar-refractivity contribution in [2.24, 2.45) is 5.73 Å². The Bertz CT molecular complexity index is 284. The Labute approximate surface area is 118 Å². The first-order valence-electron chi connectivity index (χ1n) is 7.88. The van der Waals surface area contributed by atoms with Crippen LogP contribution in [0.2, 0.25) is 0 Å². The van der Waals surface area contributed by atoms with Crippen LogP contribution in [0.1, 0.15) is 33.1 Å². The monoisotopic (exact) mass is 268 g/mol. The summed E-state index contributed by atoms with van der Waals surface area (Å²) in [5, 5.41) is 0. The molecular weight excluding hydrogens is 236 g/mol. The van der Waals surface area contributed by atoms with E-state index in [-0.39, 0.29) is 5.54 Å². The Morgan fingerprint density at radius 2 is 2.00 bits per heavy atom. The van der Waals surface area contributed by atoms with E-state index in [0.717, 1.165) is 13.1 Å². The summed E-state index contributed by atoms with van der Waals surface area (Å²) in [6, 6.07) is 1.32. The largest absolute Gasteiger partial charge is 0.329 e. The van der Waals surface area contributed by atoms with Gasteiger partial charge < -0.3 is 15.5 Å². The number of hydrogen-bond acceptors (Lipinski definition) is 4. The molecule has 0 radical (unpaired) electrons. The number of hydrogen-bond donors (Lipinski definition) is 1. The van der Waals surface area contributed by atoms with Crippen molar-refractivity contribution in [3.05, 3.63) is 0 Å². The highest BCUT2D eigenvalue weighted by Gasteiger charge is 2.46. The molecule has 2 saturated heterocycles. The van der Waals surface area contributed by atoms with E-state index in [2.05, 4.69) is 42.6 Å². The topological polar surface area (TPSA) is 35.7 Å².